The van der Waals surface area contributed by atoms with Crippen LogP contribution in [0.4, 0.5) is 4.79 Å². The van der Waals surface area contributed by atoms with Crippen molar-refractivity contribution < 1.29 is 14.1 Å². The summed E-state index contributed by atoms with van der Waals surface area (Å²) >= 11 is 0. The maximum Gasteiger partial charge on any atom is 0.325 e. The largest absolute Gasteiger partial charge is 0.328 e. The maximum atomic E-state index is 12.2. The average molecular weight is 383 g/mol. The van der Waals surface area contributed by atoms with Gasteiger partial charge in [-0.2, -0.15) is 0 Å². The predicted octanol–water partition coefficient (Wildman–Crippen LogP) is 4.70. The SMILES string of the molecule is CCCCCCCCCCCC[N+](C)(C)CCCN1C(=O)NC(C)(C)C1=O. The van der Waals surface area contributed by atoms with Crippen LogP contribution in [0.5, 0.6) is 0 Å². The highest BCUT2D eigenvalue weighted by atomic mass is 16.2. The van der Waals surface area contributed by atoms with Crippen molar-refractivity contribution in [1.82, 2.24) is 10.2 Å². The fourth-order valence-electron chi connectivity index (χ4n) is 3.82. The van der Waals surface area contributed by atoms with Crippen LogP contribution in [0, 0.1) is 0 Å². The van der Waals surface area contributed by atoms with E-state index in [9.17, 15) is 9.59 Å². The Labute approximate surface area is 167 Å². The number of nitrogens with one attached hydrogen (secondary N) is 1. The summed E-state index contributed by atoms with van der Waals surface area (Å²) in [6.07, 6.45) is 14.5. The lowest BCUT2D eigenvalue weighted by Crippen LogP contribution is -2.43. The number of imide groups is 1. The lowest BCUT2D eigenvalue weighted by Gasteiger charge is -2.30. The van der Waals surface area contributed by atoms with Crippen molar-refractivity contribution >= 4 is 11.9 Å². The molecular formula is C22H44N3O2+. The zero-order valence-corrected chi connectivity index (χ0v) is 18.6. The molecular weight excluding hydrogens is 338 g/mol. The van der Waals surface area contributed by atoms with Gasteiger partial charge >= 0.3 is 6.03 Å². The predicted molar refractivity (Wildman–Crippen MR) is 113 cm³/mol. The first kappa shape index (κ1) is 23.9. The van der Waals surface area contributed by atoms with E-state index in [1.165, 1.54) is 75.7 Å². The number of amides is 3. The second kappa shape index (κ2) is 11.7. The number of carbonyl (C=O) groups excluding carboxylic acids is 2. The third-order valence-corrected chi connectivity index (χ3v) is 5.71. The van der Waals surface area contributed by atoms with Crippen molar-refractivity contribution in [2.45, 2.75) is 96.9 Å². The molecule has 0 spiro atoms. The number of quaternary nitrogens is 1. The molecule has 1 fully saturated rings. The van der Waals surface area contributed by atoms with Gasteiger partial charge in [0.2, 0.25) is 0 Å². The van der Waals surface area contributed by atoms with E-state index < -0.39 is 5.54 Å². The van der Waals surface area contributed by atoms with Crippen molar-refractivity contribution in [3.63, 3.8) is 0 Å². The summed E-state index contributed by atoms with van der Waals surface area (Å²) in [5.74, 6) is -0.104. The van der Waals surface area contributed by atoms with Crippen molar-refractivity contribution in [1.29, 1.82) is 0 Å². The van der Waals surface area contributed by atoms with E-state index in [-0.39, 0.29) is 11.9 Å². The van der Waals surface area contributed by atoms with Gasteiger partial charge in [0.1, 0.15) is 5.54 Å². The number of hydrogen-bond donors (Lipinski definition) is 1. The van der Waals surface area contributed by atoms with E-state index in [2.05, 4.69) is 26.3 Å². The van der Waals surface area contributed by atoms with Crippen LogP contribution in [0.2, 0.25) is 0 Å². The van der Waals surface area contributed by atoms with Crippen LogP contribution in [0.1, 0.15) is 91.4 Å². The summed E-state index contributed by atoms with van der Waals surface area (Å²) in [5, 5.41) is 2.75. The number of urea groups is 1. The molecule has 0 atom stereocenters. The van der Waals surface area contributed by atoms with E-state index in [4.69, 9.17) is 0 Å². The van der Waals surface area contributed by atoms with Gasteiger partial charge in [-0.1, -0.05) is 58.3 Å². The van der Waals surface area contributed by atoms with Gasteiger partial charge in [-0.15, -0.1) is 0 Å². The molecule has 3 amide bonds. The zero-order valence-electron chi connectivity index (χ0n) is 18.6. The monoisotopic (exact) mass is 382 g/mol. The van der Waals surface area contributed by atoms with E-state index >= 15 is 0 Å². The Morgan fingerprint density at radius 1 is 0.815 bits per heavy atom. The summed E-state index contributed by atoms with van der Waals surface area (Å²) < 4.78 is 0.962. The van der Waals surface area contributed by atoms with Crippen LogP contribution in [0.25, 0.3) is 0 Å². The lowest BCUT2D eigenvalue weighted by molar-refractivity contribution is -0.890. The molecule has 1 rings (SSSR count). The fourth-order valence-corrected chi connectivity index (χ4v) is 3.82. The molecule has 5 heteroatoms. The van der Waals surface area contributed by atoms with Gasteiger partial charge < -0.3 is 9.80 Å². The number of nitrogens with zero attached hydrogens (tertiary/aromatic N) is 2. The Morgan fingerprint density at radius 2 is 1.30 bits per heavy atom. The maximum absolute atomic E-state index is 12.2. The molecule has 1 heterocycles. The third-order valence-electron chi connectivity index (χ3n) is 5.71. The van der Waals surface area contributed by atoms with Crippen LogP contribution >= 0.6 is 0 Å². The Balaban J connectivity index is 2.07. The molecule has 0 radical (unpaired) electrons. The van der Waals surface area contributed by atoms with E-state index in [0.717, 1.165) is 17.4 Å². The van der Waals surface area contributed by atoms with E-state index in [0.29, 0.717) is 6.54 Å². The molecule has 0 aliphatic carbocycles. The van der Waals surface area contributed by atoms with Crippen LogP contribution in [0.3, 0.4) is 0 Å². The van der Waals surface area contributed by atoms with Crippen LogP contribution < -0.4 is 5.32 Å². The Kier molecular flexibility index (Phi) is 10.4. The van der Waals surface area contributed by atoms with Crippen molar-refractivity contribution in [2.75, 3.05) is 33.7 Å². The minimum absolute atomic E-state index is 0.104. The first-order valence-corrected chi connectivity index (χ1v) is 11.2. The summed E-state index contributed by atoms with van der Waals surface area (Å²) in [6, 6.07) is -0.245. The molecule has 1 N–H and O–H groups in total. The molecule has 1 aliphatic heterocycles. The zero-order chi connectivity index (χ0) is 20.3. The lowest BCUT2D eigenvalue weighted by atomic mass is 10.1. The highest BCUT2D eigenvalue weighted by Crippen LogP contribution is 2.17. The van der Waals surface area contributed by atoms with Crippen molar-refractivity contribution in [2.24, 2.45) is 0 Å². The second-order valence-electron chi connectivity index (χ2n) is 9.43. The summed E-state index contributed by atoms with van der Waals surface area (Å²) in [7, 11) is 4.51. The molecule has 5 nitrogen and oxygen atoms in total. The number of hydrogen-bond acceptors (Lipinski definition) is 2. The van der Waals surface area contributed by atoms with Gasteiger partial charge in [0.15, 0.2) is 0 Å². The normalized spacial score (nSPS) is 16.9. The highest BCUT2D eigenvalue weighted by molar-refractivity contribution is 6.06. The minimum atomic E-state index is -0.753. The van der Waals surface area contributed by atoms with E-state index in [1.54, 1.807) is 13.8 Å². The molecule has 158 valence electrons. The molecule has 0 aromatic carbocycles. The molecule has 27 heavy (non-hydrogen) atoms. The number of carbonyl (C=O) groups is 2. The summed E-state index contributed by atoms with van der Waals surface area (Å²) in [4.78, 5) is 25.5. The van der Waals surface area contributed by atoms with Gasteiger partial charge in [-0.3, -0.25) is 9.69 Å². The smallest absolute Gasteiger partial charge is 0.325 e. The molecule has 0 aromatic rings. The molecule has 0 unspecified atom stereocenters. The van der Waals surface area contributed by atoms with Gasteiger partial charge in [-0.25, -0.2) is 4.79 Å². The van der Waals surface area contributed by atoms with Gasteiger partial charge in [0.05, 0.1) is 27.2 Å². The van der Waals surface area contributed by atoms with Gasteiger partial charge in [-0.05, 0) is 26.7 Å². The third kappa shape index (κ3) is 9.09. The van der Waals surface area contributed by atoms with Crippen LogP contribution in [0.15, 0.2) is 0 Å². The van der Waals surface area contributed by atoms with Crippen LogP contribution in [-0.4, -0.2) is 60.6 Å². The second-order valence-corrected chi connectivity index (χ2v) is 9.43. The number of unbranched alkanes of at least 4 members (excludes halogenated alkanes) is 9. The molecule has 0 aromatic heterocycles. The molecule has 0 bridgehead atoms. The van der Waals surface area contributed by atoms with Crippen LogP contribution in [-0.2, 0) is 4.79 Å². The number of rotatable bonds is 15. The Morgan fingerprint density at radius 3 is 1.78 bits per heavy atom. The standard InChI is InChI=1S/C22H43N3O2/c1-6-7-8-9-10-11-12-13-14-15-18-25(4,5)19-16-17-24-20(26)22(2,3)23-21(24)27/h6-19H2,1-5H3/p+1. The Bertz CT molecular complexity index is 460. The van der Waals surface area contributed by atoms with E-state index in [1.807, 2.05) is 0 Å². The average Bonchev–Trinajstić information content (AvgIpc) is 2.78. The fraction of sp³-hybridized carbons (Fsp3) is 0.909. The summed E-state index contributed by atoms with van der Waals surface area (Å²) in [6.45, 7) is 8.48. The first-order valence-electron chi connectivity index (χ1n) is 11.2. The first-order chi connectivity index (χ1) is 12.7. The van der Waals surface area contributed by atoms with Gasteiger partial charge in [0, 0.05) is 13.0 Å². The topological polar surface area (TPSA) is 49.4 Å². The molecule has 0 saturated carbocycles. The highest BCUT2D eigenvalue weighted by Gasteiger charge is 2.43. The minimum Gasteiger partial charge on any atom is -0.328 e. The van der Waals surface area contributed by atoms with Crippen molar-refractivity contribution in [3.8, 4) is 0 Å². The quantitative estimate of drug-likeness (QED) is 0.253. The molecule has 1 saturated heterocycles. The summed E-state index contributed by atoms with van der Waals surface area (Å²) in [5.41, 5.74) is -0.753. The molecule has 1 aliphatic rings. The van der Waals surface area contributed by atoms with Crippen molar-refractivity contribution in [3.05, 3.63) is 0 Å². The Hall–Kier alpha value is -1.10. The van der Waals surface area contributed by atoms with Gasteiger partial charge in [0.25, 0.3) is 5.91 Å².